The highest BCUT2D eigenvalue weighted by Crippen LogP contribution is 2.29. The minimum absolute atomic E-state index is 0.162. The zero-order valence-corrected chi connectivity index (χ0v) is 15.2. The highest BCUT2D eigenvalue weighted by atomic mass is 16.6. The van der Waals surface area contributed by atoms with E-state index in [9.17, 15) is 4.79 Å². The maximum atomic E-state index is 12.5. The van der Waals surface area contributed by atoms with E-state index in [2.05, 4.69) is 17.1 Å². The molecule has 0 radical (unpaired) electrons. The van der Waals surface area contributed by atoms with Crippen molar-refractivity contribution in [3.8, 4) is 0 Å². The average molecular weight is 323 g/mol. The Balaban J connectivity index is 1.59. The number of hydrogen-bond acceptors (Lipinski definition) is 4. The first-order valence-corrected chi connectivity index (χ1v) is 9.31. The molecule has 132 valence electrons. The van der Waals surface area contributed by atoms with E-state index < -0.39 is 5.60 Å². The number of piperidine rings is 4. The molecule has 0 aromatic carbocycles. The first-order valence-electron chi connectivity index (χ1n) is 9.31. The molecule has 0 aromatic rings. The second-order valence-corrected chi connectivity index (χ2v) is 8.57. The standard InChI is InChI=1S/C18H33N3O2/c1-13-15(19-16-12-20-10-7-14(16)8-11-20)6-5-9-21(13)17(22)23-18(2,3)4/h13-16,19H,5-12H2,1-4H3. The van der Waals surface area contributed by atoms with Crippen LogP contribution in [0.1, 0.15) is 53.4 Å². The largest absolute Gasteiger partial charge is 0.444 e. The van der Waals surface area contributed by atoms with E-state index in [1.165, 1.54) is 32.5 Å². The van der Waals surface area contributed by atoms with Gasteiger partial charge in [0.2, 0.25) is 0 Å². The van der Waals surface area contributed by atoms with E-state index in [0.29, 0.717) is 12.1 Å². The number of ether oxygens (including phenoxy) is 1. The van der Waals surface area contributed by atoms with Gasteiger partial charge in [-0.2, -0.15) is 0 Å². The normalized spacial score (nSPS) is 37.7. The molecular formula is C18H33N3O2. The average Bonchev–Trinajstić information content (AvgIpc) is 2.49. The SMILES string of the molecule is CC1C(NC2CN3CCC2CC3)CCCN1C(=O)OC(C)(C)C. The van der Waals surface area contributed by atoms with Crippen molar-refractivity contribution < 1.29 is 9.53 Å². The van der Waals surface area contributed by atoms with Crippen LogP contribution in [0, 0.1) is 5.92 Å². The van der Waals surface area contributed by atoms with Crippen molar-refractivity contribution in [1.82, 2.24) is 15.1 Å². The zero-order valence-electron chi connectivity index (χ0n) is 15.2. The Morgan fingerprint density at radius 2 is 1.78 bits per heavy atom. The van der Waals surface area contributed by atoms with Crippen molar-refractivity contribution in [3.63, 3.8) is 0 Å². The van der Waals surface area contributed by atoms with Crippen LogP contribution in [0.3, 0.4) is 0 Å². The number of nitrogens with one attached hydrogen (secondary N) is 1. The summed E-state index contributed by atoms with van der Waals surface area (Å²) in [5, 5.41) is 3.90. The molecule has 5 heteroatoms. The molecule has 3 atom stereocenters. The maximum Gasteiger partial charge on any atom is 0.410 e. The van der Waals surface area contributed by atoms with Gasteiger partial charge in [-0.1, -0.05) is 0 Å². The summed E-state index contributed by atoms with van der Waals surface area (Å²) in [6.07, 6.45) is 4.71. The smallest absolute Gasteiger partial charge is 0.410 e. The van der Waals surface area contributed by atoms with Crippen molar-refractivity contribution in [2.24, 2.45) is 5.92 Å². The predicted octanol–water partition coefficient (Wildman–Crippen LogP) is 2.46. The molecular weight excluding hydrogens is 290 g/mol. The number of hydrogen-bond donors (Lipinski definition) is 1. The molecule has 3 unspecified atom stereocenters. The van der Waals surface area contributed by atoms with Gasteiger partial charge in [0.1, 0.15) is 5.60 Å². The summed E-state index contributed by atoms with van der Waals surface area (Å²) in [6.45, 7) is 12.5. The van der Waals surface area contributed by atoms with Crippen molar-refractivity contribution in [2.45, 2.75) is 77.1 Å². The molecule has 4 saturated heterocycles. The van der Waals surface area contributed by atoms with Crippen LogP contribution in [0.5, 0.6) is 0 Å². The van der Waals surface area contributed by atoms with Gasteiger partial charge in [-0.25, -0.2) is 4.79 Å². The Kier molecular flexibility index (Phi) is 4.88. The van der Waals surface area contributed by atoms with E-state index in [-0.39, 0.29) is 12.1 Å². The van der Waals surface area contributed by atoms with E-state index in [0.717, 1.165) is 25.3 Å². The van der Waals surface area contributed by atoms with Crippen LogP contribution in [0.4, 0.5) is 4.79 Å². The number of carbonyl (C=O) groups excluding carboxylic acids is 1. The Bertz CT molecular complexity index is 426. The third-order valence-corrected chi connectivity index (χ3v) is 5.70. The lowest BCUT2D eigenvalue weighted by molar-refractivity contribution is 0.00164. The second-order valence-electron chi connectivity index (χ2n) is 8.57. The van der Waals surface area contributed by atoms with Gasteiger partial charge in [0.15, 0.2) is 0 Å². The van der Waals surface area contributed by atoms with Crippen molar-refractivity contribution in [3.05, 3.63) is 0 Å². The molecule has 5 nitrogen and oxygen atoms in total. The van der Waals surface area contributed by atoms with Gasteiger partial charge < -0.3 is 19.9 Å². The van der Waals surface area contributed by atoms with Crippen LogP contribution < -0.4 is 5.32 Å². The lowest BCUT2D eigenvalue weighted by Gasteiger charge is -2.48. The summed E-state index contributed by atoms with van der Waals surface area (Å²) in [5.74, 6) is 0.823. The first-order chi connectivity index (χ1) is 10.8. The highest BCUT2D eigenvalue weighted by molar-refractivity contribution is 5.68. The third-order valence-electron chi connectivity index (χ3n) is 5.70. The predicted molar refractivity (Wildman–Crippen MR) is 91.5 cm³/mol. The topological polar surface area (TPSA) is 44.8 Å². The third kappa shape index (κ3) is 4.00. The Morgan fingerprint density at radius 1 is 1.09 bits per heavy atom. The van der Waals surface area contributed by atoms with Crippen LogP contribution in [0.25, 0.3) is 0 Å². The fourth-order valence-corrected chi connectivity index (χ4v) is 4.37. The minimum atomic E-state index is -0.424. The van der Waals surface area contributed by atoms with Crippen LogP contribution in [-0.2, 0) is 4.74 Å². The van der Waals surface area contributed by atoms with Crippen LogP contribution in [0.2, 0.25) is 0 Å². The van der Waals surface area contributed by atoms with Gasteiger partial charge in [-0.3, -0.25) is 0 Å². The van der Waals surface area contributed by atoms with Crippen LogP contribution >= 0.6 is 0 Å². The molecule has 23 heavy (non-hydrogen) atoms. The van der Waals surface area contributed by atoms with Crippen LogP contribution in [0.15, 0.2) is 0 Å². The molecule has 1 amide bonds. The first kappa shape index (κ1) is 17.0. The number of rotatable bonds is 2. The molecule has 4 aliphatic heterocycles. The fraction of sp³-hybridized carbons (Fsp3) is 0.944. The number of nitrogens with zero attached hydrogens (tertiary/aromatic N) is 2. The molecule has 0 saturated carbocycles. The Hall–Kier alpha value is -0.810. The molecule has 1 N–H and O–H groups in total. The summed E-state index contributed by atoms with van der Waals surface area (Å²) < 4.78 is 5.59. The van der Waals surface area contributed by atoms with Crippen molar-refractivity contribution in [2.75, 3.05) is 26.2 Å². The van der Waals surface area contributed by atoms with Gasteiger partial charge >= 0.3 is 6.09 Å². The molecule has 0 spiro atoms. The summed E-state index contributed by atoms with van der Waals surface area (Å²) in [6, 6.07) is 1.19. The molecule has 0 aromatic heterocycles. The van der Waals surface area contributed by atoms with E-state index in [1.54, 1.807) is 0 Å². The molecule has 4 heterocycles. The number of amides is 1. The van der Waals surface area contributed by atoms with Crippen molar-refractivity contribution in [1.29, 1.82) is 0 Å². The maximum absolute atomic E-state index is 12.5. The van der Waals surface area contributed by atoms with Gasteiger partial charge in [0, 0.05) is 31.2 Å². The summed E-state index contributed by atoms with van der Waals surface area (Å²) >= 11 is 0. The Morgan fingerprint density at radius 3 is 2.35 bits per heavy atom. The number of likely N-dealkylation sites (tertiary alicyclic amines) is 1. The lowest BCUT2D eigenvalue weighted by Crippen LogP contribution is -2.63. The monoisotopic (exact) mass is 323 g/mol. The van der Waals surface area contributed by atoms with E-state index in [4.69, 9.17) is 4.74 Å². The van der Waals surface area contributed by atoms with E-state index >= 15 is 0 Å². The molecule has 0 aliphatic carbocycles. The number of fused-ring (bicyclic) bond motifs is 3. The molecule has 4 fully saturated rings. The van der Waals surface area contributed by atoms with Gasteiger partial charge in [-0.05, 0) is 72.4 Å². The quantitative estimate of drug-likeness (QED) is 0.848. The summed E-state index contributed by atoms with van der Waals surface area (Å²) in [7, 11) is 0. The molecule has 2 bridgehead atoms. The lowest BCUT2D eigenvalue weighted by atomic mass is 9.83. The highest BCUT2D eigenvalue weighted by Gasteiger charge is 2.39. The minimum Gasteiger partial charge on any atom is -0.444 e. The van der Waals surface area contributed by atoms with Crippen LogP contribution in [-0.4, -0.2) is 65.8 Å². The Labute approximate surface area is 140 Å². The second kappa shape index (κ2) is 6.60. The zero-order chi connectivity index (χ0) is 16.6. The fourth-order valence-electron chi connectivity index (χ4n) is 4.37. The van der Waals surface area contributed by atoms with Crippen molar-refractivity contribution >= 4 is 6.09 Å². The molecule has 4 aliphatic rings. The van der Waals surface area contributed by atoms with Gasteiger partial charge in [0.05, 0.1) is 0 Å². The van der Waals surface area contributed by atoms with E-state index in [1.807, 2.05) is 25.7 Å². The summed E-state index contributed by atoms with van der Waals surface area (Å²) in [4.78, 5) is 17.0. The van der Waals surface area contributed by atoms with Gasteiger partial charge in [-0.15, -0.1) is 0 Å². The summed E-state index contributed by atoms with van der Waals surface area (Å²) in [5.41, 5.74) is -0.424. The van der Waals surface area contributed by atoms with Gasteiger partial charge in [0.25, 0.3) is 0 Å². The molecule has 4 rings (SSSR count). The number of carbonyl (C=O) groups is 1.